The van der Waals surface area contributed by atoms with Crippen molar-refractivity contribution >= 4 is 27.2 Å². The van der Waals surface area contributed by atoms with Crippen LogP contribution in [0, 0.1) is 0 Å². The number of nitrogens with zero attached hydrogens (tertiary/aromatic N) is 2. The fourth-order valence-electron chi connectivity index (χ4n) is 2.72. The number of hydrogen-bond acceptors (Lipinski definition) is 4. The first-order valence-electron chi connectivity index (χ1n) is 8.03. The van der Waals surface area contributed by atoms with E-state index in [0.29, 0.717) is 4.90 Å². The van der Waals surface area contributed by atoms with Gasteiger partial charge in [-0.25, -0.2) is 13.4 Å². The third kappa shape index (κ3) is 3.25. The SMILES string of the molecule is CS(=O)(=O)c1ccc(-c2nc3ccccn3c2Sc2ccccc2)cc1. The molecule has 0 aliphatic carbocycles. The highest BCUT2D eigenvalue weighted by molar-refractivity contribution is 7.99. The summed E-state index contributed by atoms with van der Waals surface area (Å²) in [6, 6.07) is 22.9. The highest BCUT2D eigenvalue weighted by Gasteiger charge is 2.16. The molecule has 0 N–H and O–H groups in total. The zero-order valence-corrected chi connectivity index (χ0v) is 15.7. The van der Waals surface area contributed by atoms with Gasteiger partial charge in [0.2, 0.25) is 0 Å². The van der Waals surface area contributed by atoms with Crippen molar-refractivity contribution in [1.82, 2.24) is 9.38 Å². The summed E-state index contributed by atoms with van der Waals surface area (Å²) in [6.07, 6.45) is 3.20. The largest absolute Gasteiger partial charge is 0.294 e. The zero-order chi connectivity index (χ0) is 18.1. The van der Waals surface area contributed by atoms with E-state index >= 15 is 0 Å². The Labute approximate surface area is 156 Å². The molecule has 4 nitrogen and oxygen atoms in total. The number of benzene rings is 2. The van der Waals surface area contributed by atoms with Gasteiger partial charge >= 0.3 is 0 Å². The number of pyridine rings is 1. The summed E-state index contributed by atoms with van der Waals surface area (Å²) in [5.41, 5.74) is 2.58. The number of hydrogen-bond donors (Lipinski definition) is 0. The minimum absolute atomic E-state index is 0.308. The first kappa shape index (κ1) is 16.9. The molecule has 0 saturated carbocycles. The summed E-state index contributed by atoms with van der Waals surface area (Å²) < 4.78 is 25.5. The Morgan fingerprint density at radius 1 is 0.885 bits per heavy atom. The predicted molar refractivity (Wildman–Crippen MR) is 104 cm³/mol. The monoisotopic (exact) mass is 380 g/mol. The van der Waals surface area contributed by atoms with Gasteiger partial charge in [-0.3, -0.25) is 4.40 Å². The van der Waals surface area contributed by atoms with Crippen LogP contribution in [0.5, 0.6) is 0 Å². The molecular formula is C20H16N2O2S2. The Kier molecular flexibility index (Phi) is 4.30. The smallest absolute Gasteiger partial charge is 0.175 e. The molecule has 0 aliphatic rings. The van der Waals surface area contributed by atoms with Crippen molar-refractivity contribution in [2.75, 3.05) is 6.26 Å². The van der Waals surface area contributed by atoms with Crippen LogP contribution in [0.4, 0.5) is 0 Å². The highest BCUT2D eigenvalue weighted by Crippen LogP contribution is 2.36. The second-order valence-corrected chi connectivity index (χ2v) is 8.98. The molecule has 0 bridgehead atoms. The summed E-state index contributed by atoms with van der Waals surface area (Å²) in [4.78, 5) is 6.19. The molecule has 0 fully saturated rings. The minimum Gasteiger partial charge on any atom is -0.294 e. The Bertz CT molecular complexity index is 1170. The van der Waals surface area contributed by atoms with Crippen molar-refractivity contribution in [3.8, 4) is 11.3 Å². The van der Waals surface area contributed by atoms with Gasteiger partial charge in [-0.15, -0.1) is 0 Å². The maximum absolute atomic E-state index is 11.7. The van der Waals surface area contributed by atoms with Crippen LogP contribution in [-0.4, -0.2) is 24.1 Å². The fourth-order valence-corrected chi connectivity index (χ4v) is 4.38. The number of fused-ring (bicyclic) bond motifs is 1. The Balaban J connectivity index is 1.85. The molecule has 0 spiro atoms. The minimum atomic E-state index is -3.22. The van der Waals surface area contributed by atoms with Crippen LogP contribution in [0.15, 0.2) is 93.8 Å². The molecule has 4 aromatic rings. The van der Waals surface area contributed by atoms with Gasteiger partial charge in [0.15, 0.2) is 9.84 Å². The van der Waals surface area contributed by atoms with E-state index in [1.165, 1.54) is 6.26 Å². The van der Waals surface area contributed by atoms with Crippen LogP contribution in [0.1, 0.15) is 0 Å². The molecule has 6 heteroatoms. The zero-order valence-electron chi connectivity index (χ0n) is 14.0. The molecule has 0 saturated heterocycles. The van der Waals surface area contributed by atoms with E-state index in [-0.39, 0.29) is 0 Å². The number of aromatic nitrogens is 2. The van der Waals surface area contributed by atoms with Crippen LogP contribution < -0.4 is 0 Å². The lowest BCUT2D eigenvalue weighted by atomic mass is 10.2. The third-order valence-corrected chi connectivity index (χ3v) is 6.22. The quantitative estimate of drug-likeness (QED) is 0.521. The summed E-state index contributed by atoms with van der Waals surface area (Å²) in [6.45, 7) is 0. The maximum atomic E-state index is 11.7. The van der Waals surface area contributed by atoms with E-state index in [1.807, 2.05) is 54.7 Å². The van der Waals surface area contributed by atoms with Gasteiger partial charge in [0.1, 0.15) is 16.4 Å². The lowest BCUT2D eigenvalue weighted by Crippen LogP contribution is -1.96. The van der Waals surface area contributed by atoms with Gasteiger partial charge in [-0.05, 0) is 36.4 Å². The van der Waals surface area contributed by atoms with Gasteiger partial charge in [-0.2, -0.15) is 0 Å². The lowest BCUT2D eigenvalue weighted by molar-refractivity contribution is 0.602. The third-order valence-electron chi connectivity index (χ3n) is 4.00. The molecule has 0 unspecified atom stereocenters. The van der Waals surface area contributed by atoms with Crippen LogP contribution in [0.3, 0.4) is 0 Å². The van der Waals surface area contributed by atoms with Crippen molar-refractivity contribution in [1.29, 1.82) is 0 Å². The van der Waals surface area contributed by atoms with Crippen molar-refractivity contribution in [3.63, 3.8) is 0 Å². The summed E-state index contributed by atoms with van der Waals surface area (Å²) in [5.74, 6) is 0. The number of imidazole rings is 1. The lowest BCUT2D eigenvalue weighted by Gasteiger charge is -2.06. The van der Waals surface area contributed by atoms with E-state index in [0.717, 1.165) is 26.8 Å². The average Bonchev–Trinajstić information content (AvgIpc) is 3.01. The average molecular weight is 380 g/mol. The molecule has 0 aliphatic heterocycles. The highest BCUT2D eigenvalue weighted by atomic mass is 32.2. The van der Waals surface area contributed by atoms with E-state index in [1.54, 1.807) is 23.9 Å². The van der Waals surface area contributed by atoms with Gasteiger partial charge in [0.25, 0.3) is 0 Å². The van der Waals surface area contributed by atoms with Crippen molar-refractivity contribution in [2.24, 2.45) is 0 Å². The van der Waals surface area contributed by atoms with E-state index in [4.69, 9.17) is 4.98 Å². The molecule has 0 radical (unpaired) electrons. The molecule has 130 valence electrons. The topological polar surface area (TPSA) is 51.4 Å². The van der Waals surface area contributed by atoms with E-state index in [2.05, 4.69) is 16.5 Å². The standard InChI is InChI=1S/C20H16N2O2S2/c1-26(23,24)17-12-10-15(11-13-17)19-20(25-16-7-3-2-4-8-16)22-14-6-5-9-18(22)21-19/h2-14H,1H3. The number of rotatable bonds is 4. The van der Waals surface area contributed by atoms with Crippen molar-refractivity contribution in [3.05, 3.63) is 79.0 Å². The molecule has 2 heterocycles. The molecule has 4 rings (SSSR count). The first-order chi connectivity index (χ1) is 12.5. The van der Waals surface area contributed by atoms with Crippen molar-refractivity contribution in [2.45, 2.75) is 14.8 Å². The van der Waals surface area contributed by atoms with Crippen LogP contribution >= 0.6 is 11.8 Å². The summed E-state index contributed by atoms with van der Waals surface area (Å²) >= 11 is 1.64. The molecule has 26 heavy (non-hydrogen) atoms. The Morgan fingerprint density at radius 3 is 2.27 bits per heavy atom. The van der Waals surface area contributed by atoms with Gasteiger partial charge in [-0.1, -0.05) is 48.2 Å². The summed E-state index contributed by atoms with van der Waals surface area (Å²) in [7, 11) is -3.22. The van der Waals surface area contributed by atoms with E-state index < -0.39 is 9.84 Å². The Hall–Kier alpha value is -2.57. The first-order valence-corrected chi connectivity index (χ1v) is 10.7. The van der Waals surface area contributed by atoms with Gasteiger partial charge < -0.3 is 0 Å². The summed E-state index contributed by atoms with van der Waals surface area (Å²) in [5, 5.41) is 0.999. The van der Waals surface area contributed by atoms with Crippen LogP contribution in [0.25, 0.3) is 16.9 Å². The van der Waals surface area contributed by atoms with Gasteiger partial charge in [0.05, 0.1) is 4.90 Å². The second-order valence-electron chi connectivity index (χ2n) is 5.91. The fraction of sp³-hybridized carbons (Fsp3) is 0.0500. The second kappa shape index (κ2) is 6.63. The molecule has 2 aromatic carbocycles. The maximum Gasteiger partial charge on any atom is 0.175 e. The van der Waals surface area contributed by atoms with E-state index in [9.17, 15) is 8.42 Å². The van der Waals surface area contributed by atoms with Gasteiger partial charge in [0, 0.05) is 22.9 Å². The molecule has 0 amide bonds. The molecule has 2 aromatic heterocycles. The van der Waals surface area contributed by atoms with Crippen molar-refractivity contribution < 1.29 is 8.42 Å². The molecular weight excluding hydrogens is 364 g/mol. The Morgan fingerprint density at radius 2 is 1.58 bits per heavy atom. The predicted octanol–water partition coefficient (Wildman–Crippen LogP) is 4.56. The number of sulfone groups is 1. The van der Waals surface area contributed by atoms with Crippen LogP contribution in [-0.2, 0) is 9.84 Å². The molecule has 0 atom stereocenters. The normalized spacial score (nSPS) is 11.7. The van der Waals surface area contributed by atoms with Crippen LogP contribution in [0.2, 0.25) is 0 Å².